The minimum atomic E-state index is -0.137. The van der Waals surface area contributed by atoms with Crippen LogP contribution in [0.1, 0.15) is 12.3 Å². The number of nitrogens with zero attached hydrogens (tertiary/aromatic N) is 2. The van der Waals surface area contributed by atoms with E-state index in [-0.39, 0.29) is 12.3 Å². The molecule has 0 saturated carbocycles. The quantitative estimate of drug-likeness (QED) is 0.452. The third-order valence-corrected chi connectivity index (χ3v) is 4.77. The monoisotopic (exact) mass is 411 g/mol. The highest BCUT2D eigenvalue weighted by Crippen LogP contribution is 2.31. The van der Waals surface area contributed by atoms with Crippen molar-refractivity contribution in [2.45, 2.75) is 12.8 Å². The summed E-state index contributed by atoms with van der Waals surface area (Å²) in [4.78, 5) is 20.9. The van der Waals surface area contributed by atoms with Crippen LogP contribution in [-0.4, -0.2) is 15.9 Å². The van der Waals surface area contributed by atoms with Gasteiger partial charge in [-0.25, -0.2) is 4.98 Å². The molecule has 0 fully saturated rings. The summed E-state index contributed by atoms with van der Waals surface area (Å²) in [7, 11) is 0. The maximum Gasteiger partial charge on any atom is 0.224 e. The molecule has 7 heteroatoms. The topological polar surface area (TPSA) is 68.0 Å². The Morgan fingerprint density at radius 3 is 2.79 bits per heavy atom. The first kappa shape index (κ1) is 18.5. The molecule has 0 aliphatic carbocycles. The van der Waals surface area contributed by atoms with Crippen molar-refractivity contribution < 1.29 is 9.21 Å². The molecule has 28 heavy (non-hydrogen) atoms. The van der Waals surface area contributed by atoms with Gasteiger partial charge in [0.2, 0.25) is 5.91 Å². The Balaban J connectivity index is 1.42. The summed E-state index contributed by atoms with van der Waals surface area (Å²) in [5.41, 5.74) is 2.15. The number of anilines is 1. The average molecular weight is 412 g/mol. The van der Waals surface area contributed by atoms with Gasteiger partial charge in [0.1, 0.15) is 0 Å². The van der Waals surface area contributed by atoms with Gasteiger partial charge in [-0.05, 0) is 30.3 Å². The number of oxazole rings is 1. The third kappa shape index (κ3) is 4.01. The minimum Gasteiger partial charge on any atom is -0.441 e. The van der Waals surface area contributed by atoms with Crippen molar-refractivity contribution in [3.05, 3.63) is 76.9 Å². The number of rotatable bonds is 5. The minimum absolute atomic E-state index is 0.137. The molecule has 4 rings (SSSR count). The molecule has 0 spiro atoms. The number of halogens is 2. The molecular weight excluding hydrogens is 397 g/mol. The van der Waals surface area contributed by atoms with E-state index in [0.717, 1.165) is 10.9 Å². The molecule has 0 atom stereocenters. The van der Waals surface area contributed by atoms with Crippen molar-refractivity contribution in [2.75, 3.05) is 5.32 Å². The number of pyridine rings is 1. The number of carbonyl (C=O) groups is 1. The summed E-state index contributed by atoms with van der Waals surface area (Å²) in [5, 5.41) is 4.90. The zero-order valence-electron chi connectivity index (χ0n) is 14.7. The van der Waals surface area contributed by atoms with Gasteiger partial charge in [0.15, 0.2) is 11.7 Å². The summed E-state index contributed by atoms with van der Waals surface area (Å²) in [6.45, 7) is 0. The van der Waals surface area contributed by atoms with Crippen LogP contribution in [0.5, 0.6) is 0 Å². The number of aryl methyl sites for hydroxylation is 1. The number of aromatic nitrogens is 2. The predicted octanol–water partition coefficient (Wildman–Crippen LogP) is 5.77. The van der Waals surface area contributed by atoms with Crippen molar-refractivity contribution in [2.24, 2.45) is 0 Å². The number of hydrogen-bond donors (Lipinski definition) is 1. The van der Waals surface area contributed by atoms with E-state index >= 15 is 0 Å². The van der Waals surface area contributed by atoms with E-state index in [2.05, 4.69) is 15.3 Å². The van der Waals surface area contributed by atoms with Crippen molar-refractivity contribution in [3.8, 4) is 11.3 Å². The number of para-hydroxylation sites is 1. The van der Waals surface area contributed by atoms with Gasteiger partial charge in [-0.3, -0.25) is 9.78 Å². The van der Waals surface area contributed by atoms with E-state index in [9.17, 15) is 4.79 Å². The van der Waals surface area contributed by atoms with Crippen LogP contribution in [0.2, 0.25) is 10.0 Å². The first-order chi connectivity index (χ1) is 13.6. The number of carbonyl (C=O) groups excluding carboxylic acids is 1. The number of hydrogen-bond acceptors (Lipinski definition) is 4. The molecular formula is C21H15Cl2N3O2. The lowest BCUT2D eigenvalue weighted by atomic mass is 10.2. The standard InChI is InChI=1S/C21H15Cl2N3O2/c22-14-6-7-15(16(23)11-14)18-12-25-20(28-18)9-8-19(27)26-17-5-1-3-13-4-2-10-24-21(13)17/h1-7,10-12H,8-9H2,(H,26,27). The lowest BCUT2D eigenvalue weighted by Crippen LogP contribution is -2.12. The van der Waals surface area contributed by atoms with E-state index < -0.39 is 0 Å². The maximum absolute atomic E-state index is 12.4. The molecule has 0 radical (unpaired) electrons. The zero-order valence-corrected chi connectivity index (χ0v) is 16.2. The van der Waals surface area contributed by atoms with Crippen molar-refractivity contribution in [3.63, 3.8) is 0 Å². The van der Waals surface area contributed by atoms with Gasteiger partial charge < -0.3 is 9.73 Å². The van der Waals surface area contributed by atoms with Crippen molar-refractivity contribution in [1.82, 2.24) is 9.97 Å². The third-order valence-electron chi connectivity index (χ3n) is 4.22. The highest BCUT2D eigenvalue weighted by Gasteiger charge is 2.12. The fourth-order valence-electron chi connectivity index (χ4n) is 2.88. The van der Waals surface area contributed by atoms with Crippen LogP contribution < -0.4 is 5.32 Å². The molecule has 1 N–H and O–H groups in total. The number of fused-ring (bicyclic) bond motifs is 1. The summed E-state index contributed by atoms with van der Waals surface area (Å²) in [5.74, 6) is 0.866. The second-order valence-corrected chi connectivity index (χ2v) is 7.01. The van der Waals surface area contributed by atoms with Gasteiger partial charge in [0.05, 0.1) is 22.4 Å². The molecule has 2 aromatic heterocycles. The van der Waals surface area contributed by atoms with Crippen molar-refractivity contribution in [1.29, 1.82) is 0 Å². The van der Waals surface area contributed by atoms with Crippen LogP contribution >= 0.6 is 23.2 Å². The Hall–Kier alpha value is -2.89. The van der Waals surface area contributed by atoms with Gasteiger partial charge >= 0.3 is 0 Å². The maximum atomic E-state index is 12.4. The lowest BCUT2D eigenvalue weighted by molar-refractivity contribution is -0.116. The largest absolute Gasteiger partial charge is 0.441 e. The summed E-state index contributed by atoms with van der Waals surface area (Å²) in [6.07, 6.45) is 3.90. The molecule has 1 amide bonds. The molecule has 140 valence electrons. The Bertz CT molecular complexity index is 1150. The van der Waals surface area contributed by atoms with Gasteiger partial charge in [-0.1, -0.05) is 41.4 Å². The second-order valence-electron chi connectivity index (χ2n) is 6.17. The van der Waals surface area contributed by atoms with E-state index in [0.29, 0.717) is 39.4 Å². The lowest BCUT2D eigenvalue weighted by Gasteiger charge is -2.07. The highest BCUT2D eigenvalue weighted by atomic mass is 35.5. The Kier molecular flexibility index (Phi) is 5.28. The van der Waals surface area contributed by atoms with Crippen LogP contribution in [0, 0.1) is 0 Å². The predicted molar refractivity (Wildman–Crippen MR) is 111 cm³/mol. The number of nitrogens with one attached hydrogen (secondary N) is 1. The van der Waals surface area contributed by atoms with Crippen LogP contribution in [-0.2, 0) is 11.2 Å². The Morgan fingerprint density at radius 2 is 1.93 bits per heavy atom. The Morgan fingerprint density at radius 1 is 1.07 bits per heavy atom. The van der Waals surface area contributed by atoms with Crippen LogP contribution in [0.25, 0.3) is 22.2 Å². The molecule has 0 bridgehead atoms. The fraction of sp³-hybridized carbons (Fsp3) is 0.0952. The molecule has 0 unspecified atom stereocenters. The summed E-state index contributed by atoms with van der Waals surface area (Å²) < 4.78 is 5.73. The number of amides is 1. The van der Waals surface area contributed by atoms with Crippen molar-refractivity contribution >= 4 is 45.7 Å². The fourth-order valence-corrected chi connectivity index (χ4v) is 3.38. The van der Waals surface area contributed by atoms with Crippen LogP contribution in [0.4, 0.5) is 5.69 Å². The molecule has 0 aliphatic heterocycles. The summed E-state index contributed by atoms with van der Waals surface area (Å²) >= 11 is 12.1. The SMILES string of the molecule is O=C(CCc1ncc(-c2ccc(Cl)cc2Cl)o1)Nc1cccc2cccnc12. The highest BCUT2D eigenvalue weighted by molar-refractivity contribution is 6.36. The van der Waals surface area contributed by atoms with E-state index in [1.165, 1.54) is 0 Å². The van der Waals surface area contributed by atoms with Gasteiger partial charge in [-0.2, -0.15) is 0 Å². The van der Waals surface area contributed by atoms with E-state index in [1.807, 2.05) is 30.3 Å². The van der Waals surface area contributed by atoms with Crippen LogP contribution in [0.15, 0.2) is 65.3 Å². The Labute approximate surface area is 171 Å². The first-order valence-electron chi connectivity index (χ1n) is 8.64. The second kappa shape index (κ2) is 8.00. The molecule has 4 aromatic rings. The molecule has 2 heterocycles. The van der Waals surface area contributed by atoms with Gasteiger partial charge in [0, 0.05) is 35.0 Å². The summed E-state index contributed by atoms with van der Waals surface area (Å²) in [6, 6.07) is 14.6. The van der Waals surface area contributed by atoms with Gasteiger partial charge in [0.25, 0.3) is 0 Å². The zero-order chi connectivity index (χ0) is 19.5. The molecule has 0 saturated heterocycles. The average Bonchev–Trinajstić information content (AvgIpc) is 3.15. The molecule has 0 aliphatic rings. The first-order valence-corrected chi connectivity index (χ1v) is 9.39. The van der Waals surface area contributed by atoms with E-state index in [1.54, 1.807) is 30.6 Å². The van der Waals surface area contributed by atoms with Crippen LogP contribution in [0.3, 0.4) is 0 Å². The molecule has 5 nitrogen and oxygen atoms in total. The van der Waals surface area contributed by atoms with E-state index in [4.69, 9.17) is 27.6 Å². The van der Waals surface area contributed by atoms with Gasteiger partial charge in [-0.15, -0.1) is 0 Å². The smallest absolute Gasteiger partial charge is 0.224 e. The normalized spacial score (nSPS) is 10.9. The number of benzene rings is 2. The molecule has 2 aromatic carbocycles.